The van der Waals surface area contributed by atoms with E-state index in [4.69, 9.17) is 0 Å². The van der Waals surface area contributed by atoms with Gasteiger partial charge in [0.25, 0.3) is 0 Å². The van der Waals surface area contributed by atoms with Gasteiger partial charge in [-0.05, 0) is 64.5 Å². The number of allylic oxidation sites excluding steroid dienone is 8. The molecular formula is C21H16FN. The first kappa shape index (κ1) is 13.9. The van der Waals surface area contributed by atoms with Crippen molar-refractivity contribution in [2.45, 2.75) is 12.8 Å². The molecule has 23 heavy (non-hydrogen) atoms. The molecule has 0 aliphatic heterocycles. The van der Waals surface area contributed by atoms with E-state index in [1.807, 2.05) is 12.1 Å². The molecule has 2 aliphatic carbocycles. The largest absolute Gasteiger partial charge is 0.228 e. The van der Waals surface area contributed by atoms with Crippen LogP contribution in [0, 0.1) is 5.95 Å². The van der Waals surface area contributed by atoms with Crippen molar-refractivity contribution >= 4 is 5.57 Å². The predicted octanol–water partition coefficient (Wildman–Crippen LogP) is 5.04. The third-order valence-corrected chi connectivity index (χ3v) is 4.28. The number of hydrogen-bond donors (Lipinski definition) is 0. The molecule has 0 saturated heterocycles. The van der Waals surface area contributed by atoms with E-state index < -0.39 is 5.95 Å². The number of nitrogens with zero attached hydrogens (tertiary/aromatic N) is 1. The molecule has 2 aliphatic rings. The second-order valence-corrected chi connectivity index (χ2v) is 5.78. The van der Waals surface area contributed by atoms with Crippen molar-refractivity contribution in [2.75, 3.05) is 0 Å². The van der Waals surface area contributed by atoms with Crippen LogP contribution >= 0.6 is 0 Å². The summed E-state index contributed by atoms with van der Waals surface area (Å²) < 4.78 is 13.4. The summed E-state index contributed by atoms with van der Waals surface area (Å²) in [7, 11) is 0. The van der Waals surface area contributed by atoms with Crippen molar-refractivity contribution in [2.24, 2.45) is 0 Å². The lowest BCUT2D eigenvalue weighted by molar-refractivity contribution is 0.582. The van der Waals surface area contributed by atoms with Gasteiger partial charge in [0.1, 0.15) is 0 Å². The van der Waals surface area contributed by atoms with Crippen LogP contribution in [-0.4, -0.2) is 4.98 Å². The number of halogens is 1. The minimum atomic E-state index is -0.425. The molecule has 0 spiro atoms. The topological polar surface area (TPSA) is 12.9 Å². The monoisotopic (exact) mass is 301 g/mol. The van der Waals surface area contributed by atoms with Gasteiger partial charge in [0.2, 0.25) is 5.95 Å². The highest BCUT2D eigenvalue weighted by Gasteiger charge is 2.22. The number of rotatable bonds is 3. The Kier molecular flexibility index (Phi) is 3.51. The first-order valence-electron chi connectivity index (χ1n) is 7.79. The maximum Gasteiger partial charge on any atom is 0.213 e. The summed E-state index contributed by atoms with van der Waals surface area (Å²) >= 11 is 0. The highest BCUT2D eigenvalue weighted by Crippen LogP contribution is 2.40. The summed E-state index contributed by atoms with van der Waals surface area (Å²) in [6.07, 6.45) is 12.1. The van der Waals surface area contributed by atoms with Crippen molar-refractivity contribution in [1.29, 1.82) is 0 Å². The fourth-order valence-corrected chi connectivity index (χ4v) is 3.21. The second-order valence-electron chi connectivity index (χ2n) is 5.78. The molecule has 0 fully saturated rings. The molecule has 4 rings (SSSR count). The van der Waals surface area contributed by atoms with Crippen LogP contribution in [0.2, 0.25) is 0 Å². The average molecular weight is 301 g/mol. The maximum absolute atomic E-state index is 13.4. The third kappa shape index (κ3) is 2.68. The van der Waals surface area contributed by atoms with Crippen molar-refractivity contribution in [3.05, 3.63) is 107 Å². The molecule has 0 radical (unpaired) electrons. The van der Waals surface area contributed by atoms with Crippen LogP contribution in [0.1, 0.15) is 17.5 Å². The van der Waals surface area contributed by atoms with E-state index in [1.165, 1.54) is 40.1 Å². The number of aromatic nitrogens is 1. The second kappa shape index (κ2) is 5.81. The summed E-state index contributed by atoms with van der Waals surface area (Å²) in [6.45, 7) is 0. The lowest BCUT2D eigenvalue weighted by Gasteiger charge is -2.12. The minimum Gasteiger partial charge on any atom is -0.228 e. The molecule has 0 unspecified atom stereocenters. The van der Waals surface area contributed by atoms with Crippen molar-refractivity contribution < 1.29 is 4.39 Å². The maximum atomic E-state index is 13.4. The fraction of sp³-hybridized carbons (Fsp3) is 0.0952. The third-order valence-electron chi connectivity index (χ3n) is 4.28. The van der Waals surface area contributed by atoms with E-state index >= 15 is 0 Å². The van der Waals surface area contributed by atoms with Crippen LogP contribution in [0.3, 0.4) is 0 Å². The van der Waals surface area contributed by atoms with Gasteiger partial charge >= 0.3 is 0 Å². The molecule has 0 bridgehead atoms. The Morgan fingerprint density at radius 3 is 2.78 bits per heavy atom. The van der Waals surface area contributed by atoms with Crippen molar-refractivity contribution in [3.63, 3.8) is 0 Å². The van der Waals surface area contributed by atoms with Gasteiger partial charge in [-0.15, -0.1) is 0 Å². The molecule has 112 valence electrons. The SMILES string of the molecule is Fc1cc(CC2=C3C=CCC=C3C=C2c2ccccc2)ccn1. The molecule has 2 heteroatoms. The Labute approximate surface area is 135 Å². The molecule has 0 amide bonds. The summed E-state index contributed by atoms with van der Waals surface area (Å²) in [4.78, 5) is 3.65. The Morgan fingerprint density at radius 2 is 1.96 bits per heavy atom. The molecule has 2 aromatic rings. The van der Waals surface area contributed by atoms with Gasteiger partial charge in [-0.25, -0.2) is 4.98 Å². The highest BCUT2D eigenvalue weighted by molar-refractivity contribution is 5.90. The molecule has 0 atom stereocenters. The van der Waals surface area contributed by atoms with Crippen LogP contribution in [0.4, 0.5) is 4.39 Å². The highest BCUT2D eigenvalue weighted by atomic mass is 19.1. The summed E-state index contributed by atoms with van der Waals surface area (Å²) in [5.41, 5.74) is 7.16. The van der Waals surface area contributed by atoms with Gasteiger partial charge in [-0.1, -0.05) is 48.6 Å². The summed E-state index contributed by atoms with van der Waals surface area (Å²) in [5.74, 6) is -0.425. The van der Waals surface area contributed by atoms with E-state index in [9.17, 15) is 4.39 Å². The molecule has 0 N–H and O–H groups in total. The minimum absolute atomic E-state index is 0.425. The van der Waals surface area contributed by atoms with Crippen LogP contribution in [0.25, 0.3) is 5.57 Å². The number of fused-ring (bicyclic) bond motifs is 1. The molecule has 0 saturated carbocycles. The van der Waals surface area contributed by atoms with Gasteiger partial charge in [0, 0.05) is 6.20 Å². The number of pyridine rings is 1. The van der Waals surface area contributed by atoms with E-state index in [2.05, 4.69) is 53.6 Å². The quantitative estimate of drug-likeness (QED) is 0.723. The van der Waals surface area contributed by atoms with E-state index in [-0.39, 0.29) is 0 Å². The Hall–Kier alpha value is -2.74. The molecule has 1 aromatic heterocycles. The molecule has 1 nitrogen and oxygen atoms in total. The Bertz CT molecular complexity index is 870. The van der Waals surface area contributed by atoms with Crippen LogP contribution < -0.4 is 0 Å². The first-order valence-corrected chi connectivity index (χ1v) is 7.79. The smallest absolute Gasteiger partial charge is 0.213 e. The fourth-order valence-electron chi connectivity index (χ4n) is 3.21. The Morgan fingerprint density at radius 1 is 1.09 bits per heavy atom. The van der Waals surface area contributed by atoms with Gasteiger partial charge in [0.15, 0.2) is 0 Å². The zero-order chi connectivity index (χ0) is 15.6. The van der Waals surface area contributed by atoms with E-state index in [1.54, 1.807) is 0 Å². The van der Waals surface area contributed by atoms with Crippen molar-refractivity contribution in [1.82, 2.24) is 4.98 Å². The molecule has 1 heterocycles. The summed E-state index contributed by atoms with van der Waals surface area (Å²) in [6, 6.07) is 13.8. The van der Waals surface area contributed by atoms with Gasteiger partial charge in [-0.2, -0.15) is 4.39 Å². The standard InChI is InChI=1S/C21H16FN/c22-21-13-15(10-11-23-21)12-20-18-9-5-4-8-17(18)14-19(20)16-6-2-1-3-7-16/h1-3,5-11,13-14H,4,12H2. The van der Waals surface area contributed by atoms with E-state index in [0.29, 0.717) is 6.42 Å². The molecule has 1 aromatic carbocycles. The van der Waals surface area contributed by atoms with Gasteiger partial charge in [0.05, 0.1) is 0 Å². The number of hydrogen-bond acceptors (Lipinski definition) is 1. The first-order chi connectivity index (χ1) is 11.3. The number of benzene rings is 1. The van der Waals surface area contributed by atoms with Crippen LogP contribution in [-0.2, 0) is 6.42 Å². The van der Waals surface area contributed by atoms with Crippen LogP contribution in [0.15, 0.2) is 89.7 Å². The lowest BCUT2D eigenvalue weighted by Crippen LogP contribution is -1.97. The summed E-state index contributed by atoms with van der Waals surface area (Å²) in [5, 5.41) is 0. The van der Waals surface area contributed by atoms with Crippen molar-refractivity contribution in [3.8, 4) is 0 Å². The normalized spacial score (nSPS) is 16.2. The molecular weight excluding hydrogens is 285 g/mol. The predicted molar refractivity (Wildman–Crippen MR) is 91.2 cm³/mol. The zero-order valence-corrected chi connectivity index (χ0v) is 12.7. The van der Waals surface area contributed by atoms with E-state index in [0.717, 1.165) is 12.0 Å². The Balaban J connectivity index is 1.80. The van der Waals surface area contributed by atoms with Crippen LogP contribution in [0.5, 0.6) is 0 Å². The average Bonchev–Trinajstić information content (AvgIpc) is 2.95. The van der Waals surface area contributed by atoms with Gasteiger partial charge in [-0.3, -0.25) is 0 Å². The zero-order valence-electron chi connectivity index (χ0n) is 12.7. The van der Waals surface area contributed by atoms with Gasteiger partial charge < -0.3 is 0 Å². The lowest BCUT2D eigenvalue weighted by atomic mass is 9.92.